The maximum absolute atomic E-state index is 13.4. The Balaban J connectivity index is 1.91. The minimum Gasteiger partial charge on any atom is -0.497 e. The van der Waals surface area contributed by atoms with Gasteiger partial charge in [-0.25, -0.2) is 17.8 Å². The third-order valence-electron chi connectivity index (χ3n) is 4.89. The third kappa shape index (κ3) is 3.73. The topological polar surface area (TPSA) is 123 Å². The van der Waals surface area contributed by atoms with E-state index in [4.69, 9.17) is 27.5 Å². The summed E-state index contributed by atoms with van der Waals surface area (Å²) >= 11 is 6.21. The SMILES string of the molecule is COc1ccc(S(=O)(=O)n2cc(/C(=N\NC(=N)N)C3CC3)c3cc(Cl)ccc32)cc1. The zero-order valence-corrected chi connectivity index (χ0v) is 17.7. The van der Waals surface area contributed by atoms with Gasteiger partial charge in [0.2, 0.25) is 5.96 Å². The van der Waals surface area contributed by atoms with Crippen LogP contribution in [0.1, 0.15) is 18.4 Å². The minimum absolute atomic E-state index is 0.133. The molecule has 0 radical (unpaired) electrons. The van der Waals surface area contributed by atoms with Crippen LogP contribution in [0.15, 0.2) is 58.7 Å². The summed E-state index contributed by atoms with van der Waals surface area (Å²) in [5.41, 5.74) is 9.64. The van der Waals surface area contributed by atoms with E-state index in [1.807, 2.05) is 0 Å². The molecule has 1 aromatic heterocycles. The van der Waals surface area contributed by atoms with Crippen LogP contribution in [0.25, 0.3) is 10.9 Å². The molecule has 4 N–H and O–H groups in total. The molecule has 0 bridgehead atoms. The van der Waals surface area contributed by atoms with Gasteiger partial charge in [-0.05, 0) is 55.3 Å². The molecule has 1 saturated carbocycles. The number of hydrazone groups is 1. The lowest BCUT2D eigenvalue weighted by Gasteiger charge is -2.08. The van der Waals surface area contributed by atoms with Crippen molar-refractivity contribution < 1.29 is 13.2 Å². The van der Waals surface area contributed by atoms with Crippen molar-refractivity contribution in [1.82, 2.24) is 9.40 Å². The predicted octanol–water partition coefficient (Wildman–Crippen LogP) is 3.14. The predicted molar refractivity (Wildman–Crippen MR) is 117 cm³/mol. The Hall–Kier alpha value is -3.04. The van der Waals surface area contributed by atoms with E-state index in [-0.39, 0.29) is 16.8 Å². The number of guanidine groups is 1. The number of benzene rings is 2. The Labute approximate surface area is 178 Å². The summed E-state index contributed by atoms with van der Waals surface area (Å²) in [4.78, 5) is 0.133. The molecule has 1 aliphatic carbocycles. The lowest BCUT2D eigenvalue weighted by atomic mass is 10.1. The monoisotopic (exact) mass is 445 g/mol. The highest BCUT2D eigenvalue weighted by molar-refractivity contribution is 7.90. The number of nitrogens with two attached hydrogens (primary N) is 1. The lowest BCUT2D eigenvalue weighted by molar-refractivity contribution is 0.414. The second kappa shape index (κ2) is 7.66. The number of fused-ring (bicyclic) bond motifs is 1. The molecule has 4 rings (SSSR count). The summed E-state index contributed by atoms with van der Waals surface area (Å²) in [6.45, 7) is 0. The zero-order valence-electron chi connectivity index (χ0n) is 16.1. The average Bonchev–Trinajstić information content (AvgIpc) is 3.49. The van der Waals surface area contributed by atoms with Crippen LogP contribution in [0.2, 0.25) is 5.02 Å². The van der Waals surface area contributed by atoms with Gasteiger partial charge in [0.05, 0.1) is 23.2 Å². The maximum atomic E-state index is 13.4. The van der Waals surface area contributed by atoms with Crippen LogP contribution in [0, 0.1) is 11.3 Å². The first-order valence-corrected chi connectivity index (χ1v) is 11.0. The van der Waals surface area contributed by atoms with E-state index in [1.165, 1.54) is 23.2 Å². The number of methoxy groups -OCH3 is 1. The van der Waals surface area contributed by atoms with E-state index < -0.39 is 10.0 Å². The van der Waals surface area contributed by atoms with Gasteiger partial charge in [0.25, 0.3) is 10.0 Å². The van der Waals surface area contributed by atoms with Gasteiger partial charge < -0.3 is 10.5 Å². The average molecular weight is 446 g/mol. The highest BCUT2D eigenvalue weighted by Gasteiger charge is 2.32. The fourth-order valence-corrected chi connectivity index (χ4v) is 4.83. The Morgan fingerprint density at radius 2 is 1.97 bits per heavy atom. The summed E-state index contributed by atoms with van der Waals surface area (Å²) < 4.78 is 33.2. The van der Waals surface area contributed by atoms with Crippen LogP contribution in [0.4, 0.5) is 0 Å². The molecule has 30 heavy (non-hydrogen) atoms. The second-order valence-corrected chi connectivity index (χ2v) is 9.23. The van der Waals surface area contributed by atoms with Gasteiger partial charge in [-0.1, -0.05) is 11.6 Å². The molecule has 10 heteroatoms. The summed E-state index contributed by atoms with van der Waals surface area (Å²) in [5, 5.41) is 12.8. The normalized spacial score (nSPS) is 14.7. The van der Waals surface area contributed by atoms with E-state index >= 15 is 0 Å². The highest BCUT2D eigenvalue weighted by atomic mass is 35.5. The number of hydrogen-bond acceptors (Lipinski definition) is 5. The van der Waals surface area contributed by atoms with Crippen LogP contribution < -0.4 is 15.9 Å². The molecular weight excluding hydrogens is 426 g/mol. The molecular formula is C20H20ClN5O3S. The lowest BCUT2D eigenvalue weighted by Crippen LogP contribution is -2.27. The molecule has 3 aromatic rings. The zero-order chi connectivity index (χ0) is 21.5. The van der Waals surface area contributed by atoms with Crippen molar-refractivity contribution in [3.63, 3.8) is 0 Å². The first-order valence-electron chi connectivity index (χ1n) is 9.19. The van der Waals surface area contributed by atoms with E-state index in [0.29, 0.717) is 33.0 Å². The molecule has 156 valence electrons. The quantitative estimate of drug-likeness (QED) is 0.305. The number of aromatic nitrogens is 1. The maximum Gasteiger partial charge on any atom is 0.268 e. The van der Waals surface area contributed by atoms with Gasteiger partial charge >= 0.3 is 0 Å². The van der Waals surface area contributed by atoms with Crippen LogP contribution >= 0.6 is 11.6 Å². The summed E-state index contributed by atoms with van der Waals surface area (Å²) in [7, 11) is -2.36. The van der Waals surface area contributed by atoms with Crippen molar-refractivity contribution >= 4 is 44.2 Å². The van der Waals surface area contributed by atoms with Crippen molar-refractivity contribution in [3.05, 3.63) is 59.2 Å². The Bertz CT molecular complexity index is 1260. The fraction of sp³-hybridized carbons (Fsp3) is 0.200. The van der Waals surface area contributed by atoms with Crippen molar-refractivity contribution in [1.29, 1.82) is 5.41 Å². The largest absolute Gasteiger partial charge is 0.497 e. The van der Waals surface area contributed by atoms with Gasteiger partial charge in [0, 0.05) is 28.1 Å². The van der Waals surface area contributed by atoms with Gasteiger partial charge in [-0.3, -0.25) is 5.41 Å². The molecule has 1 heterocycles. The highest BCUT2D eigenvalue weighted by Crippen LogP contribution is 2.37. The van der Waals surface area contributed by atoms with E-state index in [9.17, 15) is 8.42 Å². The fourth-order valence-electron chi connectivity index (χ4n) is 3.29. The molecule has 0 spiro atoms. The van der Waals surface area contributed by atoms with E-state index in [0.717, 1.165) is 12.8 Å². The van der Waals surface area contributed by atoms with Crippen LogP contribution in [-0.4, -0.2) is 31.2 Å². The summed E-state index contributed by atoms with van der Waals surface area (Å²) in [6, 6.07) is 11.2. The second-order valence-electron chi connectivity index (χ2n) is 6.98. The number of rotatable bonds is 6. The van der Waals surface area contributed by atoms with Gasteiger partial charge in [-0.2, -0.15) is 5.10 Å². The number of nitrogens with zero attached hydrogens (tertiary/aromatic N) is 2. The first-order chi connectivity index (χ1) is 14.3. The standard InChI is InChI=1S/C20H20ClN5O3S/c1-29-14-5-7-15(8-6-14)30(27,28)26-11-17(16-10-13(21)4-9-18(16)26)19(12-2-3-12)24-25-20(22)23/h4-12H,2-3H2,1H3,(H4,22,23,25)/b24-19-. The van der Waals surface area contributed by atoms with Gasteiger partial charge in [0.1, 0.15) is 5.75 Å². The van der Waals surface area contributed by atoms with E-state index in [2.05, 4.69) is 10.5 Å². The molecule has 0 atom stereocenters. The molecule has 8 nitrogen and oxygen atoms in total. The molecule has 0 saturated heterocycles. The summed E-state index contributed by atoms with van der Waals surface area (Å²) in [5.74, 6) is 0.441. The Kier molecular flexibility index (Phi) is 5.17. The van der Waals surface area contributed by atoms with Crippen LogP contribution in [0.5, 0.6) is 5.75 Å². The molecule has 0 amide bonds. The smallest absolute Gasteiger partial charge is 0.268 e. The van der Waals surface area contributed by atoms with Crippen molar-refractivity contribution in [3.8, 4) is 5.75 Å². The molecule has 0 aliphatic heterocycles. The number of hydrogen-bond donors (Lipinski definition) is 3. The number of halogens is 1. The summed E-state index contributed by atoms with van der Waals surface area (Å²) in [6.07, 6.45) is 3.41. The van der Waals surface area contributed by atoms with Gasteiger partial charge in [0.15, 0.2) is 0 Å². The molecule has 1 fully saturated rings. The Morgan fingerprint density at radius 1 is 1.27 bits per heavy atom. The van der Waals surface area contributed by atoms with Crippen molar-refractivity contribution in [2.24, 2.45) is 16.8 Å². The number of ether oxygens (including phenoxy) is 1. The minimum atomic E-state index is -3.88. The molecule has 1 aliphatic rings. The first kappa shape index (κ1) is 20.2. The Morgan fingerprint density at radius 3 is 2.57 bits per heavy atom. The van der Waals surface area contributed by atoms with E-state index in [1.54, 1.807) is 36.5 Å². The van der Waals surface area contributed by atoms with Crippen molar-refractivity contribution in [2.75, 3.05) is 7.11 Å². The molecule has 2 aromatic carbocycles. The van der Waals surface area contributed by atoms with Crippen LogP contribution in [-0.2, 0) is 10.0 Å². The number of nitrogens with one attached hydrogen (secondary N) is 2. The van der Waals surface area contributed by atoms with Gasteiger partial charge in [-0.15, -0.1) is 0 Å². The van der Waals surface area contributed by atoms with Crippen LogP contribution in [0.3, 0.4) is 0 Å². The van der Waals surface area contributed by atoms with Crippen molar-refractivity contribution in [2.45, 2.75) is 17.7 Å². The third-order valence-corrected chi connectivity index (χ3v) is 6.81. The molecule has 0 unspecified atom stereocenters.